The highest BCUT2D eigenvalue weighted by Crippen LogP contribution is 2.35. The Labute approximate surface area is 190 Å². The number of nitriles is 1. The van der Waals surface area contributed by atoms with Gasteiger partial charge in [0.15, 0.2) is 5.16 Å². The molecule has 3 aromatic carbocycles. The zero-order chi connectivity index (χ0) is 23.4. The summed E-state index contributed by atoms with van der Waals surface area (Å²) in [7, 11) is 0. The number of rotatable bonds is 7. The molecule has 4 rings (SSSR count). The normalized spacial score (nSPS) is 11.2. The van der Waals surface area contributed by atoms with Crippen LogP contribution in [0, 0.1) is 31.6 Å². The summed E-state index contributed by atoms with van der Waals surface area (Å²) in [5.74, 6) is 0.180. The van der Waals surface area contributed by atoms with E-state index >= 15 is 0 Å². The van der Waals surface area contributed by atoms with Gasteiger partial charge in [-0.05, 0) is 53.7 Å². The van der Waals surface area contributed by atoms with Crippen molar-refractivity contribution in [3.8, 4) is 17.6 Å². The third kappa shape index (κ3) is 4.97. The minimum absolute atomic E-state index is 0.118. The average Bonchev–Trinajstić information content (AvgIpc) is 3.22. The average molecular weight is 459 g/mol. The SMILES string of the molecule is N#C/C(=C\c1ccc(Oc2ccc([N+](=O)[O-])cc2[N+](=O)[O-])cc1)Sc1nc2ccccc2[nH]1. The molecule has 0 unspecified atom stereocenters. The molecule has 0 aliphatic carbocycles. The van der Waals surface area contributed by atoms with Crippen molar-refractivity contribution < 1.29 is 14.6 Å². The van der Waals surface area contributed by atoms with Gasteiger partial charge in [-0.1, -0.05) is 24.3 Å². The summed E-state index contributed by atoms with van der Waals surface area (Å²) in [6, 6.07) is 19.4. The Morgan fingerprint density at radius 1 is 1.06 bits per heavy atom. The summed E-state index contributed by atoms with van der Waals surface area (Å²) >= 11 is 1.20. The molecule has 0 saturated heterocycles. The third-order valence-electron chi connectivity index (χ3n) is 4.44. The predicted octanol–water partition coefficient (Wildman–Crippen LogP) is 5.83. The van der Waals surface area contributed by atoms with Crippen LogP contribution in [-0.4, -0.2) is 19.8 Å². The first-order chi connectivity index (χ1) is 15.9. The topological polar surface area (TPSA) is 148 Å². The van der Waals surface area contributed by atoms with E-state index in [9.17, 15) is 25.5 Å². The van der Waals surface area contributed by atoms with Crippen LogP contribution in [0.1, 0.15) is 5.56 Å². The van der Waals surface area contributed by atoms with E-state index in [0.717, 1.165) is 23.2 Å². The Morgan fingerprint density at radius 2 is 1.82 bits per heavy atom. The Balaban J connectivity index is 1.52. The van der Waals surface area contributed by atoms with Crippen molar-refractivity contribution in [3.63, 3.8) is 0 Å². The summed E-state index contributed by atoms with van der Waals surface area (Å²) in [6.45, 7) is 0. The number of nitrogens with zero attached hydrogens (tertiary/aromatic N) is 4. The van der Waals surface area contributed by atoms with E-state index in [1.807, 2.05) is 24.3 Å². The lowest BCUT2D eigenvalue weighted by Gasteiger charge is -2.06. The van der Waals surface area contributed by atoms with Gasteiger partial charge in [-0.15, -0.1) is 0 Å². The fraction of sp³-hybridized carbons (Fsp3) is 0. The van der Waals surface area contributed by atoms with Gasteiger partial charge < -0.3 is 9.72 Å². The number of aromatic amines is 1. The Bertz CT molecular complexity index is 1410. The zero-order valence-electron chi connectivity index (χ0n) is 16.7. The second-order valence-electron chi connectivity index (χ2n) is 6.62. The molecule has 10 nitrogen and oxygen atoms in total. The summed E-state index contributed by atoms with van der Waals surface area (Å²) in [5.41, 5.74) is 1.47. The first kappa shape index (κ1) is 21.5. The molecule has 4 aromatic rings. The second-order valence-corrected chi connectivity index (χ2v) is 7.65. The van der Waals surface area contributed by atoms with Crippen LogP contribution in [0.5, 0.6) is 11.5 Å². The maximum Gasteiger partial charge on any atom is 0.318 e. The van der Waals surface area contributed by atoms with Gasteiger partial charge in [-0.3, -0.25) is 20.2 Å². The van der Waals surface area contributed by atoms with E-state index in [2.05, 4.69) is 16.0 Å². The zero-order valence-corrected chi connectivity index (χ0v) is 17.5. The van der Waals surface area contributed by atoms with Crippen LogP contribution in [0.2, 0.25) is 0 Å². The van der Waals surface area contributed by atoms with E-state index in [1.165, 1.54) is 17.8 Å². The minimum atomic E-state index is -0.742. The lowest BCUT2D eigenvalue weighted by Crippen LogP contribution is -1.96. The quantitative estimate of drug-likeness (QED) is 0.157. The molecule has 1 aromatic heterocycles. The van der Waals surface area contributed by atoms with Crippen molar-refractivity contribution in [2.24, 2.45) is 0 Å². The molecule has 0 saturated carbocycles. The molecule has 162 valence electrons. The Morgan fingerprint density at radius 3 is 2.48 bits per heavy atom. The number of hydrogen-bond acceptors (Lipinski definition) is 8. The second kappa shape index (κ2) is 9.21. The van der Waals surface area contributed by atoms with Crippen LogP contribution in [0.3, 0.4) is 0 Å². The van der Waals surface area contributed by atoms with Crippen molar-refractivity contribution in [1.82, 2.24) is 9.97 Å². The summed E-state index contributed by atoms with van der Waals surface area (Å²) < 4.78 is 5.55. The third-order valence-corrected chi connectivity index (χ3v) is 5.26. The van der Waals surface area contributed by atoms with E-state index in [1.54, 1.807) is 30.3 Å². The number of aromatic nitrogens is 2. The lowest BCUT2D eigenvalue weighted by atomic mass is 10.2. The van der Waals surface area contributed by atoms with E-state index in [4.69, 9.17) is 4.74 Å². The van der Waals surface area contributed by atoms with Crippen LogP contribution in [0.25, 0.3) is 17.1 Å². The molecular weight excluding hydrogens is 446 g/mol. The highest BCUT2D eigenvalue weighted by Gasteiger charge is 2.21. The van der Waals surface area contributed by atoms with Gasteiger partial charge in [-0.25, -0.2) is 4.98 Å². The molecule has 0 fully saturated rings. The molecule has 0 aliphatic heterocycles. The summed E-state index contributed by atoms with van der Waals surface area (Å²) in [4.78, 5) is 28.7. The number of imidazole rings is 1. The number of non-ortho nitro benzene ring substituents is 1. The number of nitro benzene ring substituents is 2. The number of nitro groups is 2. The fourth-order valence-electron chi connectivity index (χ4n) is 2.93. The minimum Gasteiger partial charge on any atom is -0.450 e. The van der Waals surface area contributed by atoms with Crippen molar-refractivity contribution >= 4 is 40.2 Å². The van der Waals surface area contributed by atoms with Gasteiger partial charge >= 0.3 is 5.69 Å². The maximum absolute atomic E-state index is 11.3. The summed E-state index contributed by atoms with van der Waals surface area (Å²) in [6.07, 6.45) is 1.68. The standard InChI is InChI=1S/C22H13N5O5S/c23-13-17(33-22-24-18-3-1-2-4-19(18)25-22)11-14-5-8-16(9-6-14)32-21-10-7-15(26(28)29)12-20(21)27(30)31/h1-12H,(H,24,25)/b17-11+. The molecule has 1 N–H and O–H groups in total. The number of H-pyrrole nitrogens is 1. The van der Waals surface area contributed by atoms with Gasteiger partial charge in [0.1, 0.15) is 11.8 Å². The number of hydrogen-bond donors (Lipinski definition) is 1. The molecule has 0 spiro atoms. The van der Waals surface area contributed by atoms with Crippen LogP contribution in [-0.2, 0) is 0 Å². The van der Waals surface area contributed by atoms with Crippen molar-refractivity contribution in [2.45, 2.75) is 5.16 Å². The summed E-state index contributed by atoms with van der Waals surface area (Å²) in [5, 5.41) is 32.2. The first-order valence-corrected chi connectivity index (χ1v) is 10.2. The molecule has 11 heteroatoms. The Kier molecular flexibility index (Phi) is 6.01. The monoisotopic (exact) mass is 459 g/mol. The van der Waals surface area contributed by atoms with Gasteiger partial charge in [0.2, 0.25) is 5.75 Å². The van der Waals surface area contributed by atoms with Crippen LogP contribution in [0.4, 0.5) is 11.4 Å². The molecule has 1 heterocycles. The first-order valence-electron chi connectivity index (χ1n) is 9.38. The number of thioether (sulfide) groups is 1. The number of benzene rings is 3. The Hall–Kier alpha value is -4.69. The van der Waals surface area contributed by atoms with E-state index in [-0.39, 0.29) is 5.75 Å². The molecule has 33 heavy (non-hydrogen) atoms. The highest BCUT2D eigenvalue weighted by atomic mass is 32.2. The largest absolute Gasteiger partial charge is 0.450 e. The van der Waals surface area contributed by atoms with Crippen molar-refractivity contribution in [3.05, 3.63) is 97.4 Å². The molecule has 0 bridgehead atoms. The van der Waals surface area contributed by atoms with E-state index < -0.39 is 21.2 Å². The van der Waals surface area contributed by atoms with Gasteiger partial charge in [0.25, 0.3) is 5.69 Å². The number of ether oxygens (including phenoxy) is 1. The number of para-hydroxylation sites is 2. The number of fused-ring (bicyclic) bond motifs is 1. The van der Waals surface area contributed by atoms with Crippen LogP contribution in [0.15, 0.2) is 76.8 Å². The highest BCUT2D eigenvalue weighted by molar-refractivity contribution is 8.03. The predicted molar refractivity (Wildman–Crippen MR) is 122 cm³/mol. The molecule has 0 aliphatic rings. The maximum atomic E-state index is 11.3. The molecule has 0 amide bonds. The smallest absolute Gasteiger partial charge is 0.318 e. The fourth-order valence-corrected chi connectivity index (χ4v) is 3.68. The van der Waals surface area contributed by atoms with Gasteiger partial charge in [-0.2, -0.15) is 5.26 Å². The lowest BCUT2D eigenvalue weighted by molar-refractivity contribution is -0.394. The molecular formula is C22H13N5O5S. The van der Waals surface area contributed by atoms with Gasteiger partial charge in [0.05, 0.1) is 31.9 Å². The number of nitrogens with one attached hydrogen (secondary N) is 1. The van der Waals surface area contributed by atoms with Crippen molar-refractivity contribution in [1.29, 1.82) is 5.26 Å². The van der Waals surface area contributed by atoms with Gasteiger partial charge in [0, 0.05) is 6.07 Å². The molecule has 0 atom stereocenters. The number of allylic oxidation sites excluding steroid dienone is 1. The van der Waals surface area contributed by atoms with Crippen molar-refractivity contribution in [2.75, 3.05) is 0 Å². The van der Waals surface area contributed by atoms with E-state index in [0.29, 0.717) is 21.4 Å². The van der Waals surface area contributed by atoms with Crippen LogP contribution >= 0.6 is 11.8 Å². The van der Waals surface area contributed by atoms with Crippen LogP contribution < -0.4 is 4.74 Å². The molecule has 0 radical (unpaired) electrons.